The van der Waals surface area contributed by atoms with Crippen LogP contribution < -0.4 is 15.8 Å². The number of anilines is 1. The zero-order valence-electron chi connectivity index (χ0n) is 11.2. The average Bonchev–Trinajstić information content (AvgIpc) is 2.36. The molecule has 0 radical (unpaired) electrons. The van der Waals surface area contributed by atoms with Crippen molar-refractivity contribution in [2.24, 2.45) is 0 Å². The van der Waals surface area contributed by atoms with Crippen LogP contribution >= 0.6 is 0 Å². The van der Waals surface area contributed by atoms with Gasteiger partial charge in [-0.15, -0.1) is 0 Å². The predicted molar refractivity (Wildman–Crippen MR) is 70.8 cm³/mol. The number of rotatable bonds is 5. The fourth-order valence-corrected chi connectivity index (χ4v) is 1.36. The van der Waals surface area contributed by atoms with Crippen molar-refractivity contribution in [1.29, 1.82) is 0 Å². The van der Waals surface area contributed by atoms with E-state index in [2.05, 4.69) is 5.32 Å². The van der Waals surface area contributed by atoms with Crippen LogP contribution in [0.1, 0.15) is 24.2 Å². The van der Waals surface area contributed by atoms with Gasteiger partial charge in [-0.1, -0.05) is 0 Å². The molecule has 100 valence electrons. The van der Waals surface area contributed by atoms with Gasteiger partial charge in [0.2, 0.25) is 0 Å². The molecule has 1 aromatic carbocycles. The Balaban J connectivity index is 2.79. The molecule has 0 bridgehead atoms. The number of ether oxygens (including phenoxy) is 2. The molecule has 5 nitrogen and oxygen atoms in total. The fraction of sp³-hybridized carbons (Fsp3) is 0.462. The number of carbonyl (C=O) groups is 1. The van der Waals surface area contributed by atoms with Crippen LogP contribution in [0.2, 0.25) is 0 Å². The van der Waals surface area contributed by atoms with E-state index in [-0.39, 0.29) is 5.91 Å². The van der Waals surface area contributed by atoms with Gasteiger partial charge in [0, 0.05) is 25.4 Å². The molecule has 0 spiro atoms. The van der Waals surface area contributed by atoms with E-state index in [4.69, 9.17) is 15.2 Å². The average molecular weight is 252 g/mol. The van der Waals surface area contributed by atoms with Crippen LogP contribution in [-0.2, 0) is 4.74 Å². The first-order valence-electron chi connectivity index (χ1n) is 5.66. The Kier molecular flexibility index (Phi) is 4.55. The molecule has 18 heavy (non-hydrogen) atoms. The summed E-state index contributed by atoms with van der Waals surface area (Å²) in [5.41, 5.74) is 6.24. The van der Waals surface area contributed by atoms with Crippen molar-refractivity contribution in [2.75, 3.05) is 26.5 Å². The number of hydrogen-bond acceptors (Lipinski definition) is 4. The van der Waals surface area contributed by atoms with Gasteiger partial charge in [0.25, 0.3) is 5.91 Å². The first-order chi connectivity index (χ1) is 8.39. The van der Waals surface area contributed by atoms with Crippen molar-refractivity contribution in [3.8, 4) is 5.75 Å². The van der Waals surface area contributed by atoms with Crippen molar-refractivity contribution in [3.05, 3.63) is 23.8 Å². The van der Waals surface area contributed by atoms with Gasteiger partial charge in [-0.2, -0.15) is 0 Å². The molecular weight excluding hydrogens is 232 g/mol. The van der Waals surface area contributed by atoms with Crippen molar-refractivity contribution in [3.63, 3.8) is 0 Å². The van der Waals surface area contributed by atoms with Crippen molar-refractivity contribution in [1.82, 2.24) is 5.32 Å². The monoisotopic (exact) mass is 252 g/mol. The molecule has 1 rings (SSSR count). The van der Waals surface area contributed by atoms with Gasteiger partial charge >= 0.3 is 0 Å². The number of carbonyl (C=O) groups excluding carboxylic acids is 1. The molecule has 5 heteroatoms. The van der Waals surface area contributed by atoms with Crippen molar-refractivity contribution >= 4 is 11.6 Å². The Hall–Kier alpha value is -1.75. The van der Waals surface area contributed by atoms with E-state index in [0.717, 1.165) is 0 Å². The van der Waals surface area contributed by atoms with Gasteiger partial charge in [-0.3, -0.25) is 4.79 Å². The predicted octanol–water partition coefficient (Wildman–Crippen LogP) is 1.43. The topological polar surface area (TPSA) is 73.6 Å². The Bertz CT molecular complexity index is 430. The maximum absolute atomic E-state index is 12.0. The Labute approximate surface area is 107 Å². The van der Waals surface area contributed by atoms with E-state index < -0.39 is 5.60 Å². The first-order valence-corrected chi connectivity index (χ1v) is 5.66. The second kappa shape index (κ2) is 5.73. The second-order valence-corrected chi connectivity index (χ2v) is 4.61. The summed E-state index contributed by atoms with van der Waals surface area (Å²) in [5, 5.41) is 2.80. The Morgan fingerprint density at radius 2 is 2.06 bits per heavy atom. The van der Waals surface area contributed by atoms with Crippen molar-refractivity contribution < 1.29 is 14.3 Å². The molecule has 0 aromatic heterocycles. The highest BCUT2D eigenvalue weighted by Crippen LogP contribution is 2.21. The quantitative estimate of drug-likeness (QED) is 0.777. The number of nitrogens with one attached hydrogen (secondary N) is 1. The fourth-order valence-electron chi connectivity index (χ4n) is 1.36. The second-order valence-electron chi connectivity index (χ2n) is 4.61. The highest BCUT2D eigenvalue weighted by atomic mass is 16.5. The lowest BCUT2D eigenvalue weighted by Crippen LogP contribution is -2.39. The molecule has 0 aliphatic carbocycles. The molecule has 0 heterocycles. The minimum Gasteiger partial charge on any atom is -0.496 e. The zero-order chi connectivity index (χ0) is 13.8. The van der Waals surface area contributed by atoms with Crippen LogP contribution in [0.5, 0.6) is 5.75 Å². The summed E-state index contributed by atoms with van der Waals surface area (Å²) in [6.07, 6.45) is 0. The molecule has 0 atom stereocenters. The molecule has 3 N–H and O–H groups in total. The van der Waals surface area contributed by atoms with E-state index >= 15 is 0 Å². The molecule has 0 unspecified atom stereocenters. The SMILES string of the molecule is COc1cc(N)ccc1C(=O)NCC(C)(C)OC. The summed E-state index contributed by atoms with van der Waals surface area (Å²) in [6.45, 7) is 4.21. The molecule has 0 fully saturated rings. The third kappa shape index (κ3) is 3.63. The lowest BCUT2D eigenvalue weighted by atomic mass is 10.1. The summed E-state index contributed by atoms with van der Waals surface area (Å²) in [6, 6.07) is 4.93. The van der Waals surface area contributed by atoms with Gasteiger partial charge in [0.1, 0.15) is 5.75 Å². The lowest BCUT2D eigenvalue weighted by molar-refractivity contribution is 0.0228. The number of benzene rings is 1. The van der Waals surface area contributed by atoms with E-state index in [0.29, 0.717) is 23.5 Å². The van der Waals surface area contributed by atoms with E-state index in [1.54, 1.807) is 25.3 Å². The molecule has 0 aliphatic rings. The highest BCUT2D eigenvalue weighted by Gasteiger charge is 2.19. The lowest BCUT2D eigenvalue weighted by Gasteiger charge is -2.23. The molecule has 0 saturated carbocycles. The maximum atomic E-state index is 12.0. The van der Waals surface area contributed by atoms with Crippen LogP contribution in [0.25, 0.3) is 0 Å². The van der Waals surface area contributed by atoms with Crippen LogP contribution in [0.4, 0.5) is 5.69 Å². The standard InChI is InChI=1S/C13H20N2O3/c1-13(2,18-4)8-15-12(16)10-6-5-9(14)7-11(10)17-3/h5-7H,8,14H2,1-4H3,(H,15,16). The van der Waals surface area contributed by atoms with Gasteiger partial charge in [-0.05, 0) is 26.0 Å². The number of methoxy groups -OCH3 is 2. The van der Waals surface area contributed by atoms with Crippen LogP contribution in [0.15, 0.2) is 18.2 Å². The number of hydrogen-bond donors (Lipinski definition) is 2. The summed E-state index contributed by atoms with van der Waals surface area (Å²) in [4.78, 5) is 12.0. The van der Waals surface area contributed by atoms with Gasteiger partial charge in [-0.25, -0.2) is 0 Å². The molecule has 1 amide bonds. The van der Waals surface area contributed by atoms with Crippen molar-refractivity contribution in [2.45, 2.75) is 19.4 Å². The zero-order valence-corrected chi connectivity index (χ0v) is 11.2. The molecule has 1 aromatic rings. The number of amides is 1. The smallest absolute Gasteiger partial charge is 0.255 e. The van der Waals surface area contributed by atoms with Crippen LogP contribution in [0, 0.1) is 0 Å². The van der Waals surface area contributed by atoms with Gasteiger partial charge in [0.15, 0.2) is 0 Å². The van der Waals surface area contributed by atoms with Gasteiger partial charge < -0.3 is 20.5 Å². The molecular formula is C13H20N2O3. The summed E-state index contributed by atoms with van der Waals surface area (Å²) < 4.78 is 10.4. The van der Waals surface area contributed by atoms with Crippen LogP contribution in [-0.4, -0.2) is 32.3 Å². The normalized spacial score (nSPS) is 11.1. The minimum absolute atomic E-state index is 0.211. The third-order valence-corrected chi connectivity index (χ3v) is 2.70. The maximum Gasteiger partial charge on any atom is 0.255 e. The van der Waals surface area contributed by atoms with E-state index in [1.807, 2.05) is 13.8 Å². The van der Waals surface area contributed by atoms with E-state index in [9.17, 15) is 4.79 Å². The highest BCUT2D eigenvalue weighted by molar-refractivity contribution is 5.97. The van der Waals surface area contributed by atoms with Gasteiger partial charge in [0.05, 0.1) is 18.3 Å². The summed E-state index contributed by atoms with van der Waals surface area (Å²) >= 11 is 0. The molecule has 0 saturated heterocycles. The Morgan fingerprint density at radius 1 is 1.39 bits per heavy atom. The largest absolute Gasteiger partial charge is 0.496 e. The third-order valence-electron chi connectivity index (χ3n) is 2.70. The summed E-state index contributed by atoms with van der Waals surface area (Å²) in [7, 11) is 3.11. The summed E-state index contributed by atoms with van der Waals surface area (Å²) in [5.74, 6) is 0.250. The minimum atomic E-state index is -0.406. The molecule has 0 aliphatic heterocycles. The van der Waals surface area contributed by atoms with E-state index in [1.165, 1.54) is 7.11 Å². The Morgan fingerprint density at radius 3 is 2.61 bits per heavy atom. The number of nitrogen functional groups attached to an aromatic ring is 1. The first kappa shape index (κ1) is 14.3. The number of nitrogens with two attached hydrogens (primary N) is 1. The van der Waals surface area contributed by atoms with Crippen LogP contribution in [0.3, 0.4) is 0 Å².